The van der Waals surface area contributed by atoms with Crippen LogP contribution in [0.1, 0.15) is 40.3 Å². The number of carbonyl (C=O) groups excluding carboxylic acids is 1. The second kappa shape index (κ2) is 6.64. The second-order valence-corrected chi connectivity index (χ2v) is 7.08. The molecule has 6 heteroatoms. The molecule has 5 nitrogen and oxygen atoms in total. The van der Waals surface area contributed by atoms with Crippen molar-refractivity contribution in [3.05, 3.63) is 51.9 Å². The normalized spacial score (nSPS) is 16.9. The molecule has 1 fully saturated rings. The van der Waals surface area contributed by atoms with Crippen LogP contribution in [0.4, 0.5) is 5.82 Å². The van der Waals surface area contributed by atoms with Gasteiger partial charge in [0.25, 0.3) is 5.91 Å². The number of fused-ring (bicyclic) bond motifs is 1. The third-order valence-electron chi connectivity index (χ3n) is 4.95. The number of hydrogen-bond acceptors (Lipinski definition) is 4. The van der Waals surface area contributed by atoms with E-state index in [0.29, 0.717) is 23.7 Å². The third kappa shape index (κ3) is 3.09. The summed E-state index contributed by atoms with van der Waals surface area (Å²) in [5.41, 5.74) is 2.74. The van der Waals surface area contributed by atoms with Crippen LogP contribution in [0.2, 0.25) is 5.02 Å². The van der Waals surface area contributed by atoms with Gasteiger partial charge in [-0.25, -0.2) is 9.97 Å². The summed E-state index contributed by atoms with van der Waals surface area (Å²) in [6, 6.07) is 7.23. The Kier molecular flexibility index (Phi) is 4.34. The molecule has 1 amide bonds. The minimum Gasteiger partial charge on any atom is -0.356 e. The van der Waals surface area contributed by atoms with Crippen LogP contribution < -0.4 is 4.90 Å². The maximum atomic E-state index is 12.9. The lowest BCUT2D eigenvalue weighted by molar-refractivity contribution is 0.0733. The van der Waals surface area contributed by atoms with Gasteiger partial charge in [0, 0.05) is 31.6 Å². The van der Waals surface area contributed by atoms with Gasteiger partial charge in [-0.3, -0.25) is 4.79 Å². The Hall–Kier alpha value is -2.14. The molecule has 1 aromatic heterocycles. The van der Waals surface area contributed by atoms with Gasteiger partial charge in [-0.05, 0) is 31.9 Å². The Morgan fingerprint density at radius 3 is 2.64 bits per heavy atom. The van der Waals surface area contributed by atoms with E-state index in [9.17, 15) is 4.79 Å². The number of benzene rings is 1. The predicted octanol–water partition coefficient (Wildman–Crippen LogP) is 3.24. The summed E-state index contributed by atoms with van der Waals surface area (Å²) < 4.78 is 0. The first-order valence-corrected chi connectivity index (χ1v) is 9.16. The van der Waals surface area contributed by atoms with Crippen LogP contribution in [0.5, 0.6) is 0 Å². The average molecular weight is 357 g/mol. The zero-order chi connectivity index (χ0) is 17.4. The minimum atomic E-state index is -0.0239. The van der Waals surface area contributed by atoms with Crippen molar-refractivity contribution in [1.29, 1.82) is 0 Å². The van der Waals surface area contributed by atoms with Crippen molar-refractivity contribution < 1.29 is 4.79 Å². The van der Waals surface area contributed by atoms with Gasteiger partial charge in [0.2, 0.25) is 0 Å². The van der Waals surface area contributed by atoms with Crippen molar-refractivity contribution in [3.8, 4) is 0 Å². The SMILES string of the molecule is Cc1nc2c(c(N3CCCC3)n1)CN(C(=O)c1ccccc1Cl)CC2. The standard InChI is InChI=1S/C19H21ClN4O/c1-13-21-17-8-11-24(19(25)14-6-2-3-7-16(14)20)12-15(17)18(22-13)23-9-4-5-10-23/h2-3,6-7H,4-5,8-12H2,1H3. The number of amides is 1. The van der Waals surface area contributed by atoms with E-state index in [1.54, 1.807) is 12.1 Å². The quantitative estimate of drug-likeness (QED) is 0.828. The molecule has 4 rings (SSSR count). The van der Waals surface area contributed by atoms with Gasteiger partial charge in [0.15, 0.2) is 0 Å². The Morgan fingerprint density at radius 2 is 1.88 bits per heavy atom. The van der Waals surface area contributed by atoms with E-state index in [2.05, 4.69) is 9.88 Å². The number of hydrogen-bond donors (Lipinski definition) is 0. The van der Waals surface area contributed by atoms with Crippen LogP contribution in [-0.2, 0) is 13.0 Å². The Labute approximate surface area is 152 Å². The van der Waals surface area contributed by atoms with Crippen LogP contribution in [0, 0.1) is 6.92 Å². The topological polar surface area (TPSA) is 49.3 Å². The molecule has 2 aliphatic heterocycles. The summed E-state index contributed by atoms with van der Waals surface area (Å²) in [4.78, 5) is 26.4. The molecular weight excluding hydrogens is 336 g/mol. The van der Waals surface area contributed by atoms with Crippen molar-refractivity contribution in [2.45, 2.75) is 32.7 Å². The summed E-state index contributed by atoms with van der Waals surface area (Å²) in [7, 11) is 0. The van der Waals surface area contributed by atoms with Gasteiger partial charge in [-0.15, -0.1) is 0 Å². The van der Waals surface area contributed by atoms with Crippen molar-refractivity contribution >= 4 is 23.3 Å². The fraction of sp³-hybridized carbons (Fsp3) is 0.421. The van der Waals surface area contributed by atoms with Crippen LogP contribution in [-0.4, -0.2) is 40.4 Å². The summed E-state index contributed by atoms with van der Waals surface area (Å²) in [6.45, 7) is 5.21. The molecule has 0 unspecified atom stereocenters. The molecule has 3 heterocycles. The minimum absolute atomic E-state index is 0.0239. The Balaban J connectivity index is 1.66. The first-order valence-electron chi connectivity index (χ1n) is 8.78. The number of aromatic nitrogens is 2. The van der Waals surface area contributed by atoms with Gasteiger partial charge in [0.1, 0.15) is 11.6 Å². The summed E-state index contributed by atoms with van der Waals surface area (Å²) in [6.07, 6.45) is 3.15. The van der Waals surface area contributed by atoms with Crippen molar-refractivity contribution in [2.24, 2.45) is 0 Å². The van der Waals surface area contributed by atoms with Gasteiger partial charge >= 0.3 is 0 Å². The second-order valence-electron chi connectivity index (χ2n) is 6.67. The zero-order valence-corrected chi connectivity index (χ0v) is 15.1. The molecule has 130 valence electrons. The predicted molar refractivity (Wildman–Crippen MR) is 98.1 cm³/mol. The molecule has 0 saturated carbocycles. The highest BCUT2D eigenvalue weighted by Crippen LogP contribution is 2.30. The van der Waals surface area contributed by atoms with Gasteiger partial charge in [0.05, 0.1) is 22.8 Å². The number of anilines is 1. The van der Waals surface area contributed by atoms with Crippen LogP contribution in [0.25, 0.3) is 0 Å². The number of halogens is 1. The summed E-state index contributed by atoms with van der Waals surface area (Å²) in [5.74, 6) is 1.80. The maximum Gasteiger partial charge on any atom is 0.255 e. The summed E-state index contributed by atoms with van der Waals surface area (Å²) >= 11 is 6.21. The fourth-order valence-electron chi connectivity index (χ4n) is 3.69. The lowest BCUT2D eigenvalue weighted by Crippen LogP contribution is -2.38. The average Bonchev–Trinajstić information content (AvgIpc) is 3.15. The van der Waals surface area contributed by atoms with E-state index in [-0.39, 0.29) is 5.91 Å². The maximum absolute atomic E-state index is 12.9. The third-order valence-corrected chi connectivity index (χ3v) is 5.28. The van der Waals surface area contributed by atoms with E-state index in [0.717, 1.165) is 42.4 Å². The number of rotatable bonds is 2. The van der Waals surface area contributed by atoms with Gasteiger partial charge in [-0.1, -0.05) is 23.7 Å². The molecule has 0 atom stereocenters. The van der Waals surface area contributed by atoms with Gasteiger partial charge < -0.3 is 9.80 Å². The first kappa shape index (κ1) is 16.3. The monoisotopic (exact) mass is 356 g/mol. The van der Waals surface area contributed by atoms with Crippen LogP contribution >= 0.6 is 11.6 Å². The fourth-order valence-corrected chi connectivity index (χ4v) is 3.90. The molecule has 1 aromatic carbocycles. The van der Waals surface area contributed by atoms with Crippen LogP contribution in [0.15, 0.2) is 24.3 Å². The van der Waals surface area contributed by atoms with E-state index >= 15 is 0 Å². The number of aryl methyl sites for hydroxylation is 1. The first-order chi connectivity index (χ1) is 12.1. The zero-order valence-electron chi connectivity index (χ0n) is 14.3. The van der Waals surface area contributed by atoms with Gasteiger partial charge in [-0.2, -0.15) is 0 Å². The molecule has 0 spiro atoms. The molecular formula is C19H21ClN4O. The highest BCUT2D eigenvalue weighted by atomic mass is 35.5. The van der Waals surface area contributed by atoms with E-state index in [1.807, 2.05) is 24.0 Å². The molecule has 0 radical (unpaired) electrons. The molecule has 0 N–H and O–H groups in total. The molecule has 0 aliphatic carbocycles. The van der Waals surface area contributed by atoms with E-state index < -0.39 is 0 Å². The summed E-state index contributed by atoms with van der Waals surface area (Å²) in [5, 5.41) is 0.498. The number of carbonyl (C=O) groups is 1. The highest BCUT2D eigenvalue weighted by Gasteiger charge is 2.29. The Morgan fingerprint density at radius 1 is 1.12 bits per heavy atom. The molecule has 1 saturated heterocycles. The van der Waals surface area contributed by atoms with Crippen molar-refractivity contribution in [1.82, 2.24) is 14.9 Å². The van der Waals surface area contributed by atoms with E-state index in [1.165, 1.54) is 12.8 Å². The molecule has 25 heavy (non-hydrogen) atoms. The molecule has 2 aromatic rings. The van der Waals surface area contributed by atoms with Crippen molar-refractivity contribution in [2.75, 3.05) is 24.5 Å². The number of nitrogens with zero attached hydrogens (tertiary/aromatic N) is 4. The largest absolute Gasteiger partial charge is 0.356 e. The molecule has 2 aliphatic rings. The Bertz CT molecular complexity index is 817. The lowest BCUT2D eigenvalue weighted by atomic mass is 10.0. The van der Waals surface area contributed by atoms with E-state index in [4.69, 9.17) is 16.6 Å². The van der Waals surface area contributed by atoms with Crippen molar-refractivity contribution in [3.63, 3.8) is 0 Å². The molecule has 0 bridgehead atoms. The lowest BCUT2D eigenvalue weighted by Gasteiger charge is -2.32. The van der Waals surface area contributed by atoms with Crippen LogP contribution in [0.3, 0.4) is 0 Å². The smallest absolute Gasteiger partial charge is 0.255 e. The highest BCUT2D eigenvalue weighted by molar-refractivity contribution is 6.33.